The van der Waals surface area contributed by atoms with E-state index >= 15 is 0 Å². The van der Waals surface area contributed by atoms with Crippen LogP contribution in [0.15, 0.2) is 42.7 Å². The Morgan fingerprint density at radius 3 is 3.05 bits per heavy atom. The van der Waals surface area contributed by atoms with Crippen molar-refractivity contribution in [2.24, 2.45) is 0 Å². The molecule has 0 atom stereocenters. The molecule has 108 valence electrons. The van der Waals surface area contributed by atoms with E-state index in [1.54, 1.807) is 18.5 Å². The fourth-order valence-corrected chi connectivity index (χ4v) is 2.38. The number of nitriles is 1. The van der Waals surface area contributed by atoms with Gasteiger partial charge in [-0.05, 0) is 23.8 Å². The van der Waals surface area contributed by atoms with Gasteiger partial charge in [0.1, 0.15) is 12.1 Å². The number of anilines is 1. The molecule has 0 aliphatic carbocycles. The summed E-state index contributed by atoms with van der Waals surface area (Å²) in [7, 11) is 0. The topological polar surface area (TPSA) is 81.6 Å². The third kappa shape index (κ3) is 2.78. The number of halogens is 1. The zero-order chi connectivity index (χ0) is 15.5. The number of nitrogens with one attached hydrogen (secondary N) is 2. The molecule has 6 heteroatoms. The minimum atomic E-state index is -0.332. The van der Waals surface area contributed by atoms with Crippen molar-refractivity contribution >= 4 is 34.2 Å². The number of aromatic amines is 1. The number of amides is 1. The summed E-state index contributed by atoms with van der Waals surface area (Å²) in [6.07, 6.45) is 3.27. The maximum atomic E-state index is 11.5. The molecule has 5 nitrogen and oxygen atoms in total. The molecule has 2 N–H and O–H groups in total. The summed E-state index contributed by atoms with van der Waals surface area (Å²) in [4.78, 5) is 18.8. The number of rotatable bonds is 3. The number of carbonyl (C=O) groups is 1. The molecular formula is C16H11ClN4O. The molecule has 0 saturated carbocycles. The van der Waals surface area contributed by atoms with Gasteiger partial charge in [-0.1, -0.05) is 23.7 Å². The van der Waals surface area contributed by atoms with E-state index < -0.39 is 0 Å². The highest BCUT2D eigenvalue weighted by atomic mass is 35.5. The van der Waals surface area contributed by atoms with Crippen molar-refractivity contribution in [2.75, 3.05) is 5.32 Å². The minimum Gasteiger partial charge on any atom is -0.345 e. The van der Waals surface area contributed by atoms with Crippen molar-refractivity contribution in [2.45, 2.75) is 6.42 Å². The van der Waals surface area contributed by atoms with E-state index in [2.05, 4.69) is 15.3 Å². The van der Waals surface area contributed by atoms with Crippen LogP contribution in [0.2, 0.25) is 5.02 Å². The lowest BCUT2D eigenvalue weighted by Crippen LogP contribution is -2.09. The molecule has 1 amide bonds. The number of fused-ring (bicyclic) bond motifs is 1. The van der Waals surface area contributed by atoms with Crippen LogP contribution in [0.3, 0.4) is 0 Å². The van der Waals surface area contributed by atoms with Crippen LogP contribution in [0.25, 0.3) is 22.2 Å². The first-order valence-corrected chi connectivity index (χ1v) is 6.95. The molecule has 22 heavy (non-hydrogen) atoms. The SMILES string of the molecule is N#CCC(=O)Nc1cccc(-c2cnc3[nH]cc(Cl)c3c2)c1. The predicted molar refractivity (Wildman–Crippen MR) is 85.4 cm³/mol. The van der Waals surface area contributed by atoms with Crippen molar-refractivity contribution in [1.29, 1.82) is 5.26 Å². The Kier molecular flexibility index (Phi) is 3.77. The van der Waals surface area contributed by atoms with E-state index in [1.165, 1.54) is 0 Å². The highest BCUT2D eigenvalue weighted by molar-refractivity contribution is 6.35. The van der Waals surface area contributed by atoms with Crippen molar-refractivity contribution < 1.29 is 4.79 Å². The monoisotopic (exact) mass is 310 g/mol. The highest BCUT2D eigenvalue weighted by Crippen LogP contribution is 2.28. The van der Waals surface area contributed by atoms with Gasteiger partial charge in [0.2, 0.25) is 5.91 Å². The fourth-order valence-electron chi connectivity index (χ4n) is 2.18. The standard InChI is InChI=1S/C16H11ClN4O/c17-14-9-20-16-13(14)7-11(8-19-16)10-2-1-3-12(6-10)21-15(22)4-5-18/h1-3,6-9H,4H2,(H,19,20)(H,21,22). The Balaban J connectivity index is 1.95. The first-order valence-electron chi connectivity index (χ1n) is 6.57. The molecule has 2 heterocycles. The van der Waals surface area contributed by atoms with E-state index in [9.17, 15) is 4.79 Å². The lowest BCUT2D eigenvalue weighted by atomic mass is 10.1. The Bertz CT molecular complexity index is 895. The third-order valence-corrected chi connectivity index (χ3v) is 3.51. The first-order chi connectivity index (χ1) is 10.7. The van der Waals surface area contributed by atoms with Crippen LogP contribution in [0.1, 0.15) is 6.42 Å². The van der Waals surface area contributed by atoms with Gasteiger partial charge < -0.3 is 10.3 Å². The Morgan fingerprint density at radius 1 is 1.36 bits per heavy atom. The fraction of sp³-hybridized carbons (Fsp3) is 0.0625. The van der Waals surface area contributed by atoms with Gasteiger partial charge >= 0.3 is 0 Å². The van der Waals surface area contributed by atoms with Crippen molar-refractivity contribution in [3.8, 4) is 17.2 Å². The number of H-pyrrole nitrogens is 1. The number of hydrogen-bond acceptors (Lipinski definition) is 3. The molecule has 0 bridgehead atoms. The molecule has 2 aromatic heterocycles. The average molecular weight is 311 g/mol. The third-order valence-electron chi connectivity index (χ3n) is 3.20. The van der Waals surface area contributed by atoms with Crippen molar-refractivity contribution in [1.82, 2.24) is 9.97 Å². The molecule has 0 fully saturated rings. The summed E-state index contributed by atoms with van der Waals surface area (Å²) in [5.41, 5.74) is 3.16. The van der Waals surface area contributed by atoms with Gasteiger partial charge in [-0.15, -0.1) is 0 Å². The van der Waals surface area contributed by atoms with E-state index in [-0.39, 0.29) is 12.3 Å². The summed E-state index contributed by atoms with van der Waals surface area (Å²) in [5.74, 6) is -0.332. The minimum absolute atomic E-state index is 0.170. The quantitative estimate of drug-likeness (QED) is 0.773. The van der Waals surface area contributed by atoms with E-state index in [1.807, 2.05) is 30.3 Å². The Hall–Kier alpha value is -2.84. The van der Waals surface area contributed by atoms with Gasteiger partial charge in [0, 0.05) is 29.0 Å². The molecule has 3 rings (SSSR count). The van der Waals surface area contributed by atoms with Gasteiger partial charge in [-0.25, -0.2) is 4.98 Å². The maximum absolute atomic E-state index is 11.5. The van der Waals surface area contributed by atoms with Crippen LogP contribution in [0, 0.1) is 11.3 Å². The molecule has 0 aliphatic rings. The number of benzene rings is 1. The predicted octanol–water partition coefficient (Wildman–Crippen LogP) is 3.74. The van der Waals surface area contributed by atoms with Crippen LogP contribution in [0.5, 0.6) is 0 Å². The number of aromatic nitrogens is 2. The van der Waals surface area contributed by atoms with Crippen LogP contribution in [-0.4, -0.2) is 15.9 Å². The van der Waals surface area contributed by atoms with Crippen molar-refractivity contribution in [3.63, 3.8) is 0 Å². The number of pyridine rings is 1. The van der Waals surface area contributed by atoms with Crippen LogP contribution >= 0.6 is 11.6 Å². The second-order valence-electron chi connectivity index (χ2n) is 4.72. The first kappa shape index (κ1) is 14.1. The maximum Gasteiger partial charge on any atom is 0.238 e. The van der Waals surface area contributed by atoms with Gasteiger partial charge in [-0.3, -0.25) is 4.79 Å². The Labute approximate surface area is 131 Å². The molecule has 0 spiro atoms. The van der Waals surface area contributed by atoms with Crippen LogP contribution < -0.4 is 5.32 Å². The molecule has 3 aromatic rings. The van der Waals surface area contributed by atoms with Gasteiger partial charge in [0.05, 0.1) is 11.1 Å². The zero-order valence-electron chi connectivity index (χ0n) is 11.4. The molecule has 1 aromatic carbocycles. The second kappa shape index (κ2) is 5.88. The smallest absolute Gasteiger partial charge is 0.238 e. The second-order valence-corrected chi connectivity index (χ2v) is 5.13. The average Bonchev–Trinajstić information content (AvgIpc) is 2.89. The van der Waals surface area contributed by atoms with E-state index in [4.69, 9.17) is 16.9 Å². The van der Waals surface area contributed by atoms with Crippen molar-refractivity contribution in [3.05, 3.63) is 47.7 Å². The van der Waals surface area contributed by atoms with E-state index in [0.29, 0.717) is 10.7 Å². The number of hydrogen-bond donors (Lipinski definition) is 2. The zero-order valence-corrected chi connectivity index (χ0v) is 12.2. The molecule has 0 radical (unpaired) electrons. The van der Waals surface area contributed by atoms with E-state index in [0.717, 1.165) is 22.2 Å². The summed E-state index contributed by atoms with van der Waals surface area (Å²) >= 11 is 6.11. The summed E-state index contributed by atoms with van der Waals surface area (Å²) < 4.78 is 0. The van der Waals surface area contributed by atoms with Crippen LogP contribution in [0.4, 0.5) is 5.69 Å². The summed E-state index contributed by atoms with van der Waals surface area (Å²) in [6, 6.07) is 11.1. The lowest BCUT2D eigenvalue weighted by Gasteiger charge is -2.06. The van der Waals surface area contributed by atoms with Crippen LogP contribution in [-0.2, 0) is 4.79 Å². The number of carbonyl (C=O) groups excluding carboxylic acids is 1. The van der Waals surface area contributed by atoms with Gasteiger partial charge in [0.25, 0.3) is 0 Å². The molecule has 0 aliphatic heterocycles. The van der Waals surface area contributed by atoms with Gasteiger partial charge in [0.15, 0.2) is 0 Å². The molecule has 0 unspecified atom stereocenters. The Morgan fingerprint density at radius 2 is 2.23 bits per heavy atom. The summed E-state index contributed by atoms with van der Waals surface area (Å²) in [5, 5.41) is 12.7. The molecular weight excluding hydrogens is 300 g/mol. The summed E-state index contributed by atoms with van der Waals surface area (Å²) in [6.45, 7) is 0. The lowest BCUT2D eigenvalue weighted by molar-refractivity contribution is -0.115. The largest absolute Gasteiger partial charge is 0.345 e. The van der Waals surface area contributed by atoms with Gasteiger partial charge in [-0.2, -0.15) is 5.26 Å². The normalized spacial score (nSPS) is 10.4. The number of nitrogens with zero attached hydrogens (tertiary/aromatic N) is 2. The molecule has 0 saturated heterocycles. The highest BCUT2D eigenvalue weighted by Gasteiger charge is 2.07.